The van der Waals surface area contributed by atoms with Gasteiger partial charge in [0.25, 0.3) is 0 Å². The van der Waals surface area contributed by atoms with Crippen LogP contribution < -0.4 is 3.07 Å². The van der Waals surface area contributed by atoms with E-state index in [0.717, 1.165) is 16.5 Å². The van der Waals surface area contributed by atoms with Crippen LogP contribution in [0.25, 0.3) is 11.0 Å². The van der Waals surface area contributed by atoms with Crippen molar-refractivity contribution in [1.29, 1.82) is 0 Å². The number of benzene rings is 2. The molecule has 0 bridgehead atoms. The molecule has 0 spiro atoms. The highest BCUT2D eigenvalue weighted by Crippen LogP contribution is 2.39. The molecule has 2 unspecified atom stereocenters. The summed E-state index contributed by atoms with van der Waals surface area (Å²) in [6.07, 6.45) is 0. The molecule has 1 aromatic heterocycles. The Morgan fingerprint density at radius 3 is 2.44 bits per heavy atom. The normalized spacial score (nSPS) is 12.4. The molecule has 0 amide bonds. The van der Waals surface area contributed by atoms with Crippen molar-refractivity contribution in [1.82, 2.24) is 0 Å². The minimum atomic E-state index is -0.0740. The molecule has 3 nitrogen and oxygen atoms in total. The summed E-state index contributed by atoms with van der Waals surface area (Å²) in [5, 5.41) is 0.843. The quantitative estimate of drug-likeness (QED) is 0.183. The molecule has 0 radical (unpaired) electrons. The first kappa shape index (κ1) is 19.3. The van der Waals surface area contributed by atoms with Crippen molar-refractivity contribution in [3.05, 3.63) is 61.7 Å². The zero-order chi connectivity index (χ0) is 18.3. The molecule has 7 heteroatoms. The van der Waals surface area contributed by atoms with Crippen LogP contribution in [0.4, 0.5) is 0 Å². The summed E-state index contributed by atoms with van der Waals surface area (Å²) in [5.41, 5.74) is 3.01. The predicted molar refractivity (Wildman–Crippen MR) is 119 cm³/mol. The van der Waals surface area contributed by atoms with Crippen LogP contribution in [0.3, 0.4) is 0 Å². The van der Waals surface area contributed by atoms with E-state index in [1.807, 2.05) is 55.1 Å². The molecule has 0 fully saturated rings. The lowest BCUT2D eigenvalue weighted by Crippen LogP contribution is -2.05. The van der Waals surface area contributed by atoms with E-state index in [-0.39, 0.29) is 11.4 Å². The molecule has 130 valence electrons. The van der Waals surface area contributed by atoms with Gasteiger partial charge in [-0.15, -0.1) is 9.24 Å². The fourth-order valence-electron chi connectivity index (χ4n) is 2.69. The Morgan fingerprint density at radius 2 is 1.88 bits per heavy atom. The van der Waals surface area contributed by atoms with E-state index in [1.165, 1.54) is 0 Å². The molecule has 2 aromatic carbocycles. The van der Waals surface area contributed by atoms with E-state index in [9.17, 15) is 4.79 Å². The first-order valence-electron chi connectivity index (χ1n) is 7.44. The fourth-order valence-corrected chi connectivity index (χ4v) is 5.36. The topological polar surface area (TPSA) is 39.4 Å². The molecule has 3 rings (SSSR count). The minimum Gasteiger partial charge on any atom is -0.460 e. The summed E-state index contributed by atoms with van der Waals surface area (Å²) in [6, 6.07) is 9.43. The minimum absolute atomic E-state index is 0.0236. The predicted octanol–water partition coefficient (Wildman–Crippen LogP) is 7.16. The number of aryl methyl sites for hydroxylation is 1. The Balaban J connectivity index is 2.23. The average Bonchev–Trinajstić information content (AvgIpc) is 2.92. The zero-order valence-electron chi connectivity index (χ0n) is 13.4. The van der Waals surface area contributed by atoms with Crippen LogP contribution in [-0.2, 0) is 0 Å². The van der Waals surface area contributed by atoms with Gasteiger partial charge < -0.3 is 7.48 Å². The number of hydrogen-bond donors (Lipinski definition) is 0. The van der Waals surface area contributed by atoms with Crippen molar-refractivity contribution < 1.29 is 12.3 Å². The highest BCUT2D eigenvalue weighted by Gasteiger charge is 2.25. The summed E-state index contributed by atoms with van der Waals surface area (Å²) in [4.78, 5) is 13.3. The van der Waals surface area contributed by atoms with E-state index in [4.69, 9.17) is 7.48 Å². The lowest BCUT2D eigenvalue weighted by atomic mass is 9.98. The molecule has 3 aromatic rings. The Labute approximate surface area is 179 Å². The second kappa shape index (κ2) is 7.67. The second-order valence-corrected chi connectivity index (χ2v) is 8.95. The van der Waals surface area contributed by atoms with Crippen molar-refractivity contribution >= 4 is 80.9 Å². The van der Waals surface area contributed by atoms with Crippen LogP contribution in [-0.4, -0.2) is 5.78 Å². The lowest BCUT2D eigenvalue weighted by molar-refractivity contribution is 0.103. The van der Waals surface area contributed by atoms with Crippen LogP contribution in [0.15, 0.2) is 43.7 Å². The van der Waals surface area contributed by atoms with Gasteiger partial charge in [0, 0.05) is 16.6 Å². The summed E-state index contributed by atoms with van der Waals surface area (Å²) in [6.45, 7) is 4.00. The average molecular weight is 596 g/mol. The number of halogens is 3. The number of hydrogen-bond acceptors (Lipinski definition) is 3. The number of rotatable bonds is 4. The molecule has 25 heavy (non-hydrogen) atoms. The summed E-state index contributed by atoms with van der Waals surface area (Å²) in [5.74, 6) is 1.25. The monoisotopic (exact) mass is 594 g/mol. The standard InChI is InChI=1S/C18H14Br2IO3P/c1-8-3-4-14-11(5-8)15(17(23-14)9(2)25)16(22)10-6-12(19)18(24-21)13(20)7-10/h3-7,9H,25H2,1-2H3. The molecule has 2 atom stereocenters. The van der Waals surface area contributed by atoms with E-state index in [2.05, 4.69) is 41.1 Å². The molecule has 0 N–H and O–H groups in total. The maximum Gasteiger partial charge on any atom is 0.197 e. The summed E-state index contributed by atoms with van der Waals surface area (Å²) < 4.78 is 12.7. The molecule has 0 aliphatic rings. The number of carbonyl (C=O) groups excluding carboxylic acids is 1. The van der Waals surface area contributed by atoms with Gasteiger partial charge in [-0.05, 0) is 63.0 Å². The Hall–Kier alpha value is -0.430. The number of fused-ring (bicyclic) bond motifs is 1. The van der Waals surface area contributed by atoms with Crippen LogP contribution >= 0.6 is 64.1 Å². The Bertz CT molecular complexity index is 959. The zero-order valence-corrected chi connectivity index (χ0v) is 19.9. The maximum absolute atomic E-state index is 13.3. The van der Waals surface area contributed by atoms with Gasteiger partial charge in [-0.3, -0.25) is 4.79 Å². The van der Waals surface area contributed by atoms with Crippen molar-refractivity contribution in [2.45, 2.75) is 19.5 Å². The molecular weight excluding hydrogens is 582 g/mol. The van der Waals surface area contributed by atoms with E-state index in [1.54, 1.807) is 12.1 Å². The van der Waals surface area contributed by atoms with Gasteiger partial charge in [-0.25, -0.2) is 0 Å². The van der Waals surface area contributed by atoms with Gasteiger partial charge in [0.15, 0.2) is 34.5 Å². The molecular formula is C18H14Br2IO3P. The van der Waals surface area contributed by atoms with Gasteiger partial charge in [0.1, 0.15) is 11.3 Å². The second-order valence-electron chi connectivity index (χ2n) is 5.80. The van der Waals surface area contributed by atoms with Gasteiger partial charge >= 0.3 is 0 Å². The maximum atomic E-state index is 13.3. The van der Waals surface area contributed by atoms with E-state index in [0.29, 0.717) is 31.6 Å². The lowest BCUT2D eigenvalue weighted by Gasteiger charge is -2.09. The van der Waals surface area contributed by atoms with Crippen molar-refractivity contribution in [2.75, 3.05) is 0 Å². The smallest absolute Gasteiger partial charge is 0.197 e. The Morgan fingerprint density at radius 1 is 1.24 bits per heavy atom. The first-order valence-corrected chi connectivity index (χ1v) is 10.6. The number of furan rings is 1. The van der Waals surface area contributed by atoms with Gasteiger partial charge in [0.05, 0.1) is 14.5 Å². The molecule has 1 heterocycles. The molecule has 0 aliphatic carbocycles. The first-order chi connectivity index (χ1) is 11.8. The third-order valence-corrected chi connectivity index (χ3v) is 5.77. The summed E-state index contributed by atoms with van der Waals surface area (Å²) >= 11 is 8.73. The van der Waals surface area contributed by atoms with E-state index < -0.39 is 0 Å². The molecule has 0 aliphatic heterocycles. The highest BCUT2D eigenvalue weighted by atomic mass is 127. The molecule has 0 saturated heterocycles. The number of carbonyl (C=O) groups is 1. The third kappa shape index (κ3) is 3.68. The highest BCUT2D eigenvalue weighted by molar-refractivity contribution is 14.1. The van der Waals surface area contributed by atoms with Crippen LogP contribution in [0.2, 0.25) is 0 Å². The van der Waals surface area contributed by atoms with Gasteiger partial charge in [0.2, 0.25) is 0 Å². The van der Waals surface area contributed by atoms with Crippen LogP contribution in [0.5, 0.6) is 5.75 Å². The van der Waals surface area contributed by atoms with Crippen molar-refractivity contribution in [3.8, 4) is 5.75 Å². The van der Waals surface area contributed by atoms with Gasteiger partial charge in [-0.1, -0.05) is 18.6 Å². The van der Waals surface area contributed by atoms with E-state index >= 15 is 0 Å². The van der Waals surface area contributed by atoms with Gasteiger partial charge in [-0.2, -0.15) is 0 Å². The van der Waals surface area contributed by atoms with Crippen LogP contribution in [0, 0.1) is 6.92 Å². The van der Waals surface area contributed by atoms with Crippen LogP contribution in [0.1, 0.15) is 39.8 Å². The number of ketones is 1. The van der Waals surface area contributed by atoms with Crippen molar-refractivity contribution in [3.63, 3.8) is 0 Å². The SMILES string of the molecule is Cc1ccc2oc(C(C)P)c(C(=O)c3cc(Br)c(OI)c(Br)c3)c2c1. The third-order valence-electron chi connectivity index (χ3n) is 3.85. The van der Waals surface area contributed by atoms with Crippen molar-refractivity contribution in [2.24, 2.45) is 0 Å². The summed E-state index contributed by atoms with van der Waals surface area (Å²) in [7, 11) is 2.70. The largest absolute Gasteiger partial charge is 0.460 e. The molecule has 0 saturated carbocycles. The Kier molecular flexibility index (Phi) is 5.93. The fraction of sp³-hybridized carbons (Fsp3) is 0.167.